The number of morpholine rings is 1. The van der Waals surface area contributed by atoms with Crippen molar-refractivity contribution in [1.82, 2.24) is 24.3 Å². The zero-order valence-corrected chi connectivity index (χ0v) is 15.8. The zero-order chi connectivity index (χ0) is 19.5. The number of rotatable bonds is 5. The minimum absolute atomic E-state index is 0.126. The average Bonchev–Trinajstić information content (AvgIpc) is 3.07. The Labute approximate surface area is 162 Å². The van der Waals surface area contributed by atoms with Crippen LogP contribution in [-0.2, 0) is 16.1 Å². The predicted molar refractivity (Wildman–Crippen MR) is 100 cm³/mol. The summed E-state index contributed by atoms with van der Waals surface area (Å²) in [5.41, 5.74) is 1.03. The molecule has 0 spiro atoms. The first-order chi connectivity index (χ1) is 13.6. The van der Waals surface area contributed by atoms with Gasteiger partial charge in [0.25, 0.3) is 0 Å². The zero-order valence-electron chi connectivity index (χ0n) is 15.8. The number of carbonyl (C=O) groups excluding carboxylic acids is 1. The highest BCUT2D eigenvalue weighted by molar-refractivity contribution is 5.78. The van der Waals surface area contributed by atoms with Gasteiger partial charge < -0.3 is 9.64 Å². The fraction of sp³-hybridized carbons (Fsp3) is 0.579. The van der Waals surface area contributed by atoms with Gasteiger partial charge in [-0.15, -0.1) is 0 Å². The lowest BCUT2D eigenvalue weighted by Gasteiger charge is -2.36. The average molecular weight is 393 g/mol. The van der Waals surface area contributed by atoms with Crippen LogP contribution in [0.3, 0.4) is 0 Å². The second-order valence-electron chi connectivity index (χ2n) is 7.21. The number of para-hydroxylation sites is 2. The molecule has 0 aliphatic carbocycles. The standard InChI is InChI=1S/C19H25F2N5O2/c20-19(21)26-16-4-2-1-3-15(16)22-17(26)13-23-5-7-25(8-6-23)18(27)14-24-9-11-28-12-10-24/h1-4,19H,5-14H2. The number of hydrogen-bond donors (Lipinski definition) is 0. The van der Waals surface area contributed by atoms with Gasteiger partial charge >= 0.3 is 6.55 Å². The van der Waals surface area contributed by atoms with E-state index in [1.807, 2.05) is 4.90 Å². The summed E-state index contributed by atoms with van der Waals surface area (Å²) < 4.78 is 33.5. The number of halogens is 2. The van der Waals surface area contributed by atoms with Gasteiger partial charge in [0.15, 0.2) is 0 Å². The lowest BCUT2D eigenvalue weighted by atomic mass is 10.3. The first-order valence-electron chi connectivity index (χ1n) is 9.66. The number of nitrogens with zero attached hydrogens (tertiary/aromatic N) is 5. The molecule has 2 saturated heterocycles. The van der Waals surface area contributed by atoms with Gasteiger partial charge in [-0.05, 0) is 12.1 Å². The lowest BCUT2D eigenvalue weighted by molar-refractivity contribution is -0.135. The van der Waals surface area contributed by atoms with Crippen LogP contribution in [0.25, 0.3) is 11.0 Å². The van der Waals surface area contributed by atoms with E-state index in [0.717, 1.165) is 17.7 Å². The van der Waals surface area contributed by atoms with E-state index in [-0.39, 0.29) is 5.91 Å². The number of amides is 1. The second-order valence-corrected chi connectivity index (χ2v) is 7.21. The highest BCUT2D eigenvalue weighted by Gasteiger charge is 2.25. The first kappa shape index (κ1) is 19.2. The molecular weight excluding hydrogens is 368 g/mol. The SMILES string of the molecule is O=C(CN1CCOCC1)N1CCN(Cc2nc3ccccc3n2C(F)F)CC1. The summed E-state index contributed by atoms with van der Waals surface area (Å²) in [5.74, 6) is 0.491. The molecule has 0 atom stereocenters. The van der Waals surface area contributed by atoms with E-state index in [0.29, 0.717) is 69.3 Å². The molecule has 0 N–H and O–H groups in total. The number of imidazole rings is 1. The van der Waals surface area contributed by atoms with E-state index >= 15 is 0 Å². The highest BCUT2D eigenvalue weighted by Crippen LogP contribution is 2.24. The van der Waals surface area contributed by atoms with Crippen molar-refractivity contribution in [2.45, 2.75) is 13.1 Å². The van der Waals surface area contributed by atoms with Gasteiger partial charge in [-0.3, -0.25) is 19.2 Å². The molecule has 1 aromatic heterocycles. The Hall–Kier alpha value is -2.10. The van der Waals surface area contributed by atoms with Crippen LogP contribution < -0.4 is 0 Å². The predicted octanol–water partition coefficient (Wildman–Crippen LogP) is 1.41. The number of alkyl halides is 2. The molecule has 2 aliphatic heterocycles. The van der Waals surface area contributed by atoms with Crippen molar-refractivity contribution in [3.8, 4) is 0 Å². The maximum Gasteiger partial charge on any atom is 0.320 e. The fourth-order valence-corrected chi connectivity index (χ4v) is 3.83. The maximum atomic E-state index is 13.6. The summed E-state index contributed by atoms with van der Waals surface area (Å²) >= 11 is 0. The van der Waals surface area contributed by atoms with Crippen molar-refractivity contribution in [3.63, 3.8) is 0 Å². The molecule has 28 heavy (non-hydrogen) atoms. The van der Waals surface area contributed by atoms with Crippen molar-refractivity contribution >= 4 is 16.9 Å². The Bertz CT molecular complexity index is 814. The van der Waals surface area contributed by atoms with E-state index in [9.17, 15) is 13.6 Å². The maximum absolute atomic E-state index is 13.6. The molecule has 9 heteroatoms. The Kier molecular flexibility index (Phi) is 5.84. The number of piperazine rings is 1. The molecule has 2 fully saturated rings. The summed E-state index contributed by atoms with van der Waals surface area (Å²) in [4.78, 5) is 23.0. The molecule has 4 rings (SSSR count). The quantitative estimate of drug-likeness (QED) is 0.769. The molecule has 152 valence electrons. The molecule has 0 radical (unpaired) electrons. The van der Waals surface area contributed by atoms with Gasteiger partial charge in [-0.1, -0.05) is 12.1 Å². The van der Waals surface area contributed by atoms with Crippen LogP contribution in [0.5, 0.6) is 0 Å². The third kappa shape index (κ3) is 4.16. The van der Waals surface area contributed by atoms with Gasteiger partial charge in [0, 0.05) is 39.3 Å². The van der Waals surface area contributed by atoms with Gasteiger partial charge in [-0.25, -0.2) is 4.98 Å². The molecule has 0 unspecified atom stereocenters. The Balaban J connectivity index is 1.35. The molecule has 1 amide bonds. The molecule has 3 heterocycles. The number of benzene rings is 1. The van der Waals surface area contributed by atoms with E-state index in [2.05, 4.69) is 14.8 Å². The van der Waals surface area contributed by atoms with Crippen molar-refractivity contribution in [3.05, 3.63) is 30.1 Å². The third-order valence-corrected chi connectivity index (χ3v) is 5.42. The summed E-state index contributed by atoms with van der Waals surface area (Å²) in [6, 6.07) is 6.96. The number of ether oxygens (including phenoxy) is 1. The van der Waals surface area contributed by atoms with Crippen LogP contribution in [0.1, 0.15) is 12.4 Å². The minimum atomic E-state index is -2.63. The summed E-state index contributed by atoms with van der Waals surface area (Å²) in [6.07, 6.45) is 0. The van der Waals surface area contributed by atoms with Crippen LogP contribution in [0.4, 0.5) is 8.78 Å². The number of fused-ring (bicyclic) bond motifs is 1. The van der Waals surface area contributed by atoms with Gasteiger partial charge in [0.05, 0.1) is 37.3 Å². The molecule has 2 aliphatic rings. The topological polar surface area (TPSA) is 53.8 Å². The van der Waals surface area contributed by atoms with E-state index in [4.69, 9.17) is 4.74 Å². The Morgan fingerprint density at radius 3 is 2.46 bits per heavy atom. The summed E-state index contributed by atoms with van der Waals surface area (Å²) in [5, 5.41) is 0. The van der Waals surface area contributed by atoms with Gasteiger partial charge in [0.2, 0.25) is 5.91 Å². The molecular formula is C19H25F2N5O2. The van der Waals surface area contributed by atoms with E-state index in [1.165, 1.54) is 0 Å². The monoisotopic (exact) mass is 393 g/mol. The summed E-state index contributed by atoms with van der Waals surface area (Å²) in [7, 11) is 0. The second kappa shape index (κ2) is 8.50. The first-order valence-corrected chi connectivity index (χ1v) is 9.66. The molecule has 0 bridgehead atoms. The van der Waals surface area contributed by atoms with Crippen LogP contribution in [0.15, 0.2) is 24.3 Å². The van der Waals surface area contributed by atoms with Crippen molar-refractivity contribution in [2.75, 3.05) is 59.0 Å². The molecule has 1 aromatic carbocycles. The third-order valence-electron chi connectivity index (χ3n) is 5.42. The van der Waals surface area contributed by atoms with Crippen LogP contribution in [0.2, 0.25) is 0 Å². The highest BCUT2D eigenvalue weighted by atomic mass is 19.3. The van der Waals surface area contributed by atoms with Gasteiger partial charge in [-0.2, -0.15) is 8.78 Å². The Morgan fingerprint density at radius 1 is 1.04 bits per heavy atom. The molecule has 7 nitrogen and oxygen atoms in total. The minimum Gasteiger partial charge on any atom is -0.379 e. The lowest BCUT2D eigenvalue weighted by Crippen LogP contribution is -2.52. The van der Waals surface area contributed by atoms with Crippen LogP contribution in [0, 0.1) is 0 Å². The smallest absolute Gasteiger partial charge is 0.320 e. The number of hydrogen-bond acceptors (Lipinski definition) is 5. The Morgan fingerprint density at radius 2 is 1.75 bits per heavy atom. The van der Waals surface area contributed by atoms with Gasteiger partial charge in [0.1, 0.15) is 5.82 Å². The van der Waals surface area contributed by atoms with Crippen molar-refractivity contribution in [1.29, 1.82) is 0 Å². The molecule has 2 aromatic rings. The fourth-order valence-electron chi connectivity index (χ4n) is 3.83. The van der Waals surface area contributed by atoms with Crippen molar-refractivity contribution in [2.24, 2.45) is 0 Å². The normalized spacial score (nSPS) is 19.6. The number of aromatic nitrogens is 2. The van der Waals surface area contributed by atoms with Crippen LogP contribution >= 0.6 is 0 Å². The molecule has 0 saturated carbocycles. The van der Waals surface area contributed by atoms with Crippen molar-refractivity contribution < 1.29 is 18.3 Å². The summed E-state index contributed by atoms with van der Waals surface area (Å²) in [6.45, 7) is 3.59. The largest absolute Gasteiger partial charge is 0.379 e. The number of carbonyl (C=O) groups is 1. The van der Waals surface area contributed by atoms with Crippen LogP contribution in [-0.4, -0.2) is 89.2 Å². The van der Waals surface area contributed by atoms with E-state index < -0.39 is 6.55 Å². The van der Waals surface area contributed by atoms with E-state index in [1.54, 1.807) is 24.3 Å².